The average molecular weight is 497 g/mol. The number of ether oxygens (including phenoxy) is 2. The molecule has 2 heterocycles. The molecule has 3 rings (SSSR count). The lowest BCUT2D eigenvalue weighted by Crippen LogP contribution is -2.28. The lowest BCUT2D eigenvalue weighted by Gasteiger charge is -2.17. The predicted octanol–water partition coefficient (Wildman–Crippen LogP) is 3.62. The third kappa shape index (κ3) is 5.66. The highest BCUT2D eigenvalue weighted by molar-refractivity contribution is 7.89. The van der Waals surface area contributed by atoms with Gasteiger partial charge in [0.25, 0.3) is 0 Å². The second-order valence-corrected chi connectivity index (χ2v) is 10.4. The van der Waals surface area contributed by atoms with Gasteiger partial charge in [-0.2, -0.15) is 4.31 Å². The number of nitrogens with zero attached hydrogens (tertiary/aromatic N) is 2. The number of carbonyl (C=O) groups excluding carboxylic acids is 2. The summed E-state index contributed by atoms with van der Waals surface area (Å²) in [6.45, 7) is 5.50. The van der Waals surface area contributed by atoms with Gasteiger partial charge in [-0.1, -0.05) is 11.6 Å². The molecule has 0 unspecified atom stereocenters. The predicted molar refractivity (Wildman–Crippen MR) is 124 cm³/mol. The number of halogens is 1. The minimum absolute atomic E-state index is 0.0232. The van der Waals surface area contributed by atoms with E-state index in [1.165, 1.54) is 22.5 Å². The van der Waals surface area contributed by atoms with Crippen LogP contribution in [0.3, 0.4) is 0 Å². The van der Waals surface area contributed by atoms with Crippen molar-refractivity contribution in [2.75, 3.05) is 33.4 Å². The number of methoxy groups -OCH3 is 1. The molecule has 0 radical (unpaired) electrons. The van der Waals surface area contributed by atoms with E-state index in [0.29, 0.717) is 25.3 Å². The molecule has 10 heteroatoms. The van der Waals surface area contributed by atoms with E-state index in [-0.39, 0.29) is 21.3 Å². The SMILES string of the molecule is COCCCn1c(C)cc(C(=O)COC(=O)c2ccc(Cl)c(S(=O)(=O)N3CCCC3)c2)c1C. The number of rotatable bonds is 10. The van der Waals surface area contributed by atoms with Gasteiger partial charge in [-0.05, 0) is 57.4 Å². The average Bonchev–Trinajstić information content (AvgIpc) is 3.42. The van der Waals surface area contributed by atoms with Crippen LogP contribution >= 0.6 is 11.6 Å². The largest absolute Gasteiger partial charge is 0.454 e. The Labute approximate surface area is 199 Å². The van der Waals surface area contributed by atoms with Crippen LogP contribution in [0.5, 0.6) is 0 Å². The van der Waals surface area contributed by atoms with E-state index >= 15 is 0 Å². The third-order valence-electron chi connectivity index (χ3n) is 5.79. The fourth-order valence-corrected chi connectivity index (χ4v) is 6.00. The van der Waals surface area contributed by atoms with Gasteiger partial charge in [0.2, 0.25) is 15.8 Å². The molecule has 8 nitrogen and oxygen atoms in total. The third-order valence-corrected chi connectivity index (χ3v) is 8.17. The fraction of sp³-hybridized carbons (Fsp3) is 0.478. The normalized spacial score (nSPS) is 14.5. The maximum atomic E-state index is 12.9. The van der Waals surface area contributed by atoms with Crippen molar-refractivity contribution in [2.24, 2.45) is 0 Å². The van der Waals surface area contributed by atoms with Crippen molar-refractivity contribution in [3.63, 3.8) is 0 Å². The second kappa shape index (κ2) is 10.8. The van der Waals surface area contributed by atoms with Crippen molar-refractivity contribution in [1.29, 1.82) is 0 Å². The molecule has 1 aliphatic heterocycles. The van der Waals surface area contributed by atoms with Crippen LogP contribution in [-0.2, 0) is 26.0 Å². The van der Waals surface area contributed by atoms with Crippen molar-refractivity contribution in [3.05, 3.63) is 51.8 Å². The molecule has 0 N–H and O–H groups in total. The molecule has 2 aromatic rings. The molecule has 0 amide bonds. The quantitative estimate of drug-likeness (QED) is 0.283. The van der Waals surface area contributed by atoms with Crippen LogP contribution in [0.1, 0.15) is 51.4 Å². The summed E-state index contributed by atoms with van der Waals surface area (Å²) >= 11 is 6.13. The topological polar surface area (TPSA) is 94.9 Å². The van der Waals surface area contributed by atoms with Gasteiger partial charge in [0.05, 0.1) is 10.6 Å². The van der Waals surface area contributed by atoms with Crippen molar-refractivity contribution < 1.29 is 27.5 Å². The van der Waals surface area contributed by atoms with Crippen molar-refractivity contribution >= 4 is 33.4 Å². The first-order valence-corrected chi connectivity index (χ1v) is 12.6. The Kier molecular flexibility index (Phi) is 8.33. The highest BCUT2D eigenvalue weighted by Crippen LogP contribution is 2.28. The second-order valence-electron chi connectivity index (χ2n) is 8.04. The van der Waals surface area contributed by atoms with Crippen LogP contribution in [0.25, 0.3) is 0 Å². The smallest absolute Gasteiger partial charge is 0.338 e. The molecule has 0 atom stereocenters. The molecule has 1 saturated heterocycles. The molecule has 33 heavy (non-hydrogen) atoms. The maximum absolute atomic E-state index is 12.9. The Morgan fingerprint density at radius 1 is 1.12 bits per heavy atom. The summed E-state index contributed by atoms with van der Waals surface area (Å²) in [5.74, 6) is -1.11. The molecule has 1 aromatic carbocycles. The lowest BCUT2D eigenvalue weighted by molar-refractivity contribution is 0.0474. The number of ketones is 1. The monoisotopic (exact) mass is 496 g/mol. The van der Waals surface area contributed by atoms with Crippen LogP contribution in [0.15, 0.2) is 29.2 Å². The molecule has 0 saturated carbocycles. The number of esters is 1. The summed E-state index contributed by atoms with van der Waals surface area (Å²) in [5, 5.41) is 0.0374. The first-order valence-electron chi connectivity index (χ1n) is 10.8. The van der Waals surface area contributed by atoms with Crippen LogP contribution in [0.4, 0.5) is 0 Å². The standard InChI is InChI=1S/C23H29ClN2O6S/c1-16-13-19(17(2)26(16)11-6-12-31-3)21(27)15-32-23(28)18-7-8-20(24)22(14-18)33(29,30)25-9-4-5-10-25/h7-8,13-14H,4-6,9-12,15H2,1-3H3. The van der Waals surface area contributed by atoms with E-state index in [4.69, 9.17) is 21.1 Å². The summed E-state index contributed by atoms with van der Waals surface area (Å²) in [7, 11) is -2.16. The molecule has 1 fully saturated rings. The van der Waals surface area contributed by atoms with Crippen molar-refractivity contribution in [2.45, 2.75) is 44.6 Å². The number of hydrogen-bond donors (Lipinski definition) is 0. The lowest BCUT2D eigenvalue weighted by atomic mass is 10.1. The summed E-state index contributed by atoms with van der Waals surface area (Å²) in [6.07, 6.45) is 2.39. The van der Waals surface area contributed by atoms with E-state index < -0.39 is 22.6 Å². The van der Waals surface area contributed by atoms with Gasteiger partial charge < -0.3 is 14.0 Å². The number of hydrogen-bond acceptors (Lipinski definition) is 6. The minimum Gasteiger partial charge on any atom is -0.454 e. The van der Waals surface area contributed by atoms with Crippen molar-refractivity contribution in [3.8, 4) is 0 Å². The fourth-order valence-electron chi connectivity index (χ4n) is 3.98. The minimum atomic E-state index is -3.80. The Hall–Kier alpha value is -2.20. The molecule has 1 aromatic heterocycles. The van der Waals surface area contributed by atoms with Crippen molar-refractivity contribution in [1.82, 2.24) is 8.87 Å². The van der Waals surface area contributed by atoms with Gasteiger partial charge in [0, 0.05) is 50.3 Å². The van der Waals surface area contributed by atoms with Gasteiger partial charge in [-0.25, -0.2) is 13.2 Å². The Morgan fingerprint density at radius 3 is 2.48 bits per heavy atom. The van der Waals surface area contributed by atoms with E-state index in [0.717, 1.165) is 37.2 Å². The van der Waals surface area contributed by atoms with Crippen LogP contribution in [0.2, 0.25) is 5.02 Å². The number of benzene rings is 1. The summed E-state index contributed by atoms with van der Waals surface area (Å²) in [6, 6.07) is 5.74. The Morgan fingerprint density at radius 2 is 1.82 bits per heavy atom. The molecule has 0 aliphatic carbocycles. The Balaban J connectivity index is 1.70. The van der Waals surface area contributed by atoms with Crippen LogP contribution < -0.4 is 0 Å². The summed E-state index contributed by atoms with van der Waals surface area (Å²) < 4.78 is 39.4. The van der Waals surface area contributed by atoms with Gasteiger partial charge in [-0.15, -0.1) is 0 Å². The zero-order chi connectivity index (χ0) is 24.2. The highest BCUT2D eigenvalue weighted by atomic mass is 35.5. The molecular formula is C23H29ClN2O6S. The zero-order valence-electron chi connectivity index (χ0n) is 19.1. The number of sulfonamides is 1. The zero-order valence-corrected chi connectivity index (χ0v) is 20.7. The molecule has 0 spiro atoms. The summed E-state index contributed by atoms with van der Waals surface area (Å²) in [4.78, 5) is 25.2. The van der Waals surface area contributed by atoms with E-state index in [1.54, 1.807) is 13.2 Å². The molecule has 1 aliphatic rings. The van der Waals surface area contributed by atoms with E-state index in [9.17, 15) is 18.0 Å². The van der Waals surface area contributed by atoms with Gasteiger partial charge in [-0.3, -0.25) is 4.79 Å². The van der Waals surface area contributed by atoms with Crippen LogP contribution in [-0.4, -0.2) is 62.5 Å². The number of aromatic nitrogens is 1. The molecular weight excluding hydrogens is 468 g/mol. The summed E-state index contributed by atoms with van der Waals surface area (Å²) in [5.41, 5.74) is 2.25. The number of aryl methyl sites for hydroxylation is 1. The van der Waals surface area contributed by atoms with Gasteiger partial charge in [0.15, 0.2) is 6.61 Å². The van der Waals surface area contributed by atoms with Gasteiger partial charge in [0.1, 0.15) is 4.90 Å². The first kappa shape index (κ1) is 25.4. The Bertz CT molecular complexity index is 1140. The van der Waals surface area contributed by atoms with Crippen LogP contribution in [0, 0.1) is 13.8 Å². The van der Waals surface area contributed by atoms with E-state index in [2.05, 4.69) is 0 Å². The molecule has 0 bridgehead atoms. The molecule has 180 valence electrons. The maximum Gasteiger partial charge on any atom is 0.338 e. The first-order chi connectivity index (χ1) is 15.7. The highest BCUT2D eigenvalue weighted by Gasteiger charge is 2.30. The number of Topliss-reactive ketones (excluding diaryl/α,β-unsaturated/α-hetero) is 1. The number of carbonyl (C=O) groups is 2. The van der Waals surface area contributed by atoms with Gasteiger partial charge >= 0.3 is 5.97 Å². The van der Waals surface area contributed by atoms with E-state index in [1.807, 2.05) is 18.4 Å².